The van der Waals surface area contributed by atoms with E-state index in [1.54, 1.807) is 7.11 Å². The molecule has 4 rings (SSSR count). The minimum atomic E-state index is 0.570. The maximum atomic E-state index is 5.24. The number of rotatable bonds is 6. The number of methoxy groups -OCH3 is 1. The Labute approximate surface area is 171 Å². The van der Waals surface area contributed by atoms with Crippen molar-refractivity contribution in [3.05, 3.63) is 60.2 Å². The number of anilines is 5. The summed E-state index contributed by atoms with van der Waals surface area (Å²) in [5.74, 6) is 3.04. The van der Waals surface area contributed by atoms with Gasteiger partial charge in [-0.3, -0.25) is 0 Å². The normalized spacial score (nSPS) is 13.8. The van der Waals surface area contributed by atoms with Crippen LogP contribution in [0.5, 0.6) is 5.75 Å². The molecule has 0 bridgehead atoms. The lowest BCUT2D eigenvalue weighted by atomic mass is 10.2. The van der Waals surface area contributed by atoms with E-state index in [0.717, 1.165) is 54.9 Å². The molecule has 150 valence electrons. The molecule has 0 atom stereocenters. The van der Waals surface area contributed by atoms with E-state index in [1.807, 2.05) is 42.5 Å². The SMILES string of the molecule is COc1ccc(Nc2cc(N3CCNCC3)nc(Nc3ccc(C)cc3)n2)cc1. The smallest absolute Gasteiger partial charge is 0.231 e. The molecule has 0 unspecified atom stereocenters. The first-order valence-corrected chi connectivity index (χ1v) is 9.79. The van der Waals surface area contributed by atoms with E-state index in [9.17, 15) is 0 Å². The van der Waals surface area contributed by atoms with Gasteiger partial charge in [0.2, 0.25) is 5.95 Å². The van der Waals surface area contributed by atoms with E-state index in [4.69, 9.17) is 9.72 Å². The molecule has 0 amide bonds. The number of nitrogens with zero attached hydrogens (tertiary/aromatic N) is 3. The Kier molecular flexibility index (Phi) is 5.76. The summed E-state index contributed by atoms with van der Waals surface area (Å²) in [4.78, 5) is 11.7. The lowest BCUT2D eigenvalue weighted by molar-refractivity contribution is 0.415. The predicted molar refractivity (Wildman–Crippen MR) is 118 cm³/mol. The quantitative estimate of drug-likeness (QED) is 0.593. The molecule has 1 aliphatic heterocycles. The van der Waals surface area contributed by atoms with Crippen molar-refractivity contribution >= 4 is 29.0 Å². The standard InChI is InChI=1S/C22H26N6O/c1-16-3-5-18(6-4-16)25-22-26-20(24-17-7-9-19(29-2)10-8-17)15-21(27-22)28-13-11-23-12-14-28/h3-10,15,23H,11-14H2,1-2H3,(H2,24,25,26,27). The summed E-state index contributed by atoms with van der Waals surface area (Å²) < 4.78 is 5.24. The summed E-state index contributed by atoms with van der Waals surface area (Å²) in [6.07, 6.45) is 0. The average Bonchev–Trinajstić information content (AvgIpc) is 2.76. The third-order valence-corrected chi connectivity index (χ3v) is 4.82. The van der Waals surface area contributed by atoms with Gasteiger partial charge >= 0.3 is 0 Å². The van der Waals surface area contributed by atoms with Crippen LogP contribution >= 0.6 is 0 Å². The molecular weight excluding hydrogens is 364 g/mol. The van der Waals surface area contributed by atoms with Gasteiger partial charge in [-0.25, -0.2) is 0 Å². The molecule has 7 nitrogen and oxygen atoms in total. The molecule has 3 N–H and O–H groups in total. The molecule has 2 heterocycles. The molecule has 3 aromatic rings. The number of ether oxygens (including phenoxy) is 1. The number of benzene rings is 2. The number of aromatic nitrogens is 2. The third-order valence-electron chi connectivity index (χ3n) is 4.82. The van der Waals surface area contributed by atoms with Crippen LogP contribution < -0.4 is 25.6 Å². The van der Waals surface area contributed by atoms with Crippen LogP contribution in [0.4, 0.5) is 29.0 Å². The fourth-order valence-electron chi connectivity index (χ4n) is 3.20. The largest absolute Gasteiger partial charge is 0.497 e. The fraction of sp³-hybridized carbons (Fsp3) is 0.273. The van der Waals surface area contributed by atoms with E-state index in [-0.39, 0.29) is 0 Å². The molecule has 0 aliphatic carbocycles. The fourth-order valence-corrected chi connectivity index (χ4v) is 3.20. The van der Waals surface area contributed by atoms with Gasteiger partial charge in [-0.15, -0.1) is 0 Å². The second kappa shape index (κ2) is 8.79. The van der Waals surface area contributed by atoms with Crippen LogP contribution in [0.25, 0.3) is 0 Å². The van der Waals surface area contributed by atoms with Gasteiger partial charge in [0.1, 0.15) is 17.4 Å². The Hall–Kier alpha value is -3.32. The topological polar surface area (TPSA) is 74.3 Å². The maximum absolute atomic E-state index is 5.24. The highest BCUT2D eigenvalue weighted by molar-refractivity contribution is 5.64. The second-order valence-electron chi connectivity index (χ2n) is 7.02. The number of nitrogens with one attached hydrogen (secondary N) is 3. The Balaban J connectivity index is 1.61. The summed E-state index contributed by atoms with van der Waals surface area (Å²) in [7, 11) is 1.66. The Morgan fingerprint density at radius 1 is 0.897 bits per heavy atom. The molecule has 1 fully saturated rings. The van der Waals surface area contributed by atoms with Crippen LogP contribution in [-0.4, -0.2) is 43.3 Å². The molecule has 0 radical (unpaired) electrons. The van der Waals surface area contributed by atoms with Crippen molar-refractivity contribution in [3.8, 4) is 5.75 Å². The molecule has 1 aromatic heterocycles. The Morgan fingerprint density at radius 3 is 2.24 bits per heavy atom. The van der Waals surface area contributed by atoms with Crippen LogP contribution in [0.3, 0.4) is 0 Å². The number of aryl methyl sites for hydroxylation is 1. The molecule has 0 saturated carbocycles. The van der Waals surface area contributed by atoms with Gasteiger partial charge in [0.15, 0.2) is 0 Å². The van der Waals surface area contributed by atoms with Crippen LogP contribution in [0.15, 0.2) is 54.6 Å². The van der Waals surface area contributed by atoms with Gasteiger partial charge in [0.25, 0.3) is 0 Å². The van der Waals surface area contributed by atoms with Crippen molar-refractivity contribution in [2.75, 3.05) is 48.8 Å². The highest BCUT2D eigenvalue weighted by Crippen LogP contribution is 2.25. The van der Waals surface area contributed by atoms with Crippen molar-refractivity contribution in [3.63, 3.8) is 0 Å². The van der Waals surface area contributed by atoms with Crippen LogP contribution in [0.2, 0.25) is 0 Å². The minimum absolute atomic E-state index is 0.570. The zero-order chi connectivity index (χ0) is 20.1. The predicted octanol–water partition coefficient (Wildman–Crippen LogP) is 3.69. The van der Waals surface area contributed by atoms with Crippen LogP contribution in [0.1, 0.15) is 5.56 Å². The lowest BCUT2D eigenvalue weighted by Gasteiger charge is -2.29. The number of piperazine rings is 1. The van der Waals surface area contributed by atoms with Gasteiger partial charge < -0.3 is 25.6 Å². The first-order chi connectivity index (χ1) is 14.2. The zero-order valence-corrected chi connectivity index (χ0v) is 16.8. The Morgan fingerprint density at radius 2 is 1.55 bits per heavy atom. The summed E-state index contributed by atoms with van der Waals surface area (Å²) in [6.45, 7) is 5.81. The monoisotopic (exact) mass is 390 g/mol. The van der Waals surface area contributed by atoms with Gasteiger partial charge in [-0.05, 0) is 43.3 Å². The number of hydrogen-bond acceptors (Lipinski definition) is 7. The molecule has 0 spiro atoms. The third kappa shape index (κ3) is 4.94. The van der Waals surface area contributed by atoms with Crippen LogP contribution in [0, 0.1) is 6.92 Å². The molecule has 1 saturated heterocycles. The van der Waals surface area contributed by atoms with E-state index >= 15 is 0 Å². The van der Waals surface area contributed by atoms with Crippen molar-refractivity contribution in [2.45, 2.75) is 6.92 Å². The van der Waals surface area contributed by atoms with E-state index in [1.165, 1.54) is 5.56 Å². The van der Waals surface area contributed by atoms with Gasteiger partial charge in [-0.2, -0.15) is 9.97 Å². The molecule has 1 aliphatic rings. The first-order valence-electron chi connectivity index (χ1n) is 9.79. The highest BCUT2D eigenvalue weighted by atomic mass is 16.5. The van der Waals surface area contributed by atoms with Gasteiger partial charge in [0, 0.05) is 43.6 Å². The molecule has 2 aromatic carbocycles. The summed E-state index contributed by atoms with van der Waals surface area (Å²) in [5, 5.41) is 10.1. The van der Waals surface area contributed by atoms with Gasteiger partial charge in [-0.1, -0.05) is 17.7 Å². The Bertz CT molecular complexity index is 937. The average molecular weight is 390 g/mol. The first kappa shape index (κ1) is 19.0. The highest BCUT2D eigenvalue weighted by Gasteiger charge is 2.15. The molecular formula is C22H26N6O. The van der Waals surface area contributed by atoms with Crippen LogP contribution in [-0.2, 0) is 0 Å². The number of hydrogen-bond donors (Lipinski definition) is 3. The van der Waals surface area contributed by atoms with Crippen molar-refractivity contribution < 1.29 is 4.74 Å². The molecule has 7 heteroatoms. The summed E-state index contributed by atoms with van der Waals surface area (Å²) >= 11 is 0. The van der Waals surface area contributed by atoms with Gasteiger partial charge in [0.05, 0.1) is 7.11 Å². The van der Waals surface area contributed by atoms with E-state index in [2.05, 4.69) is 44.9 Å². The van der Waals surface area contributed by atoms with E-state index < -0.39 is 0 Å². The van der Waals surface area contributed by atoms with Crippen molar-refractivity contribution in [1.82, 2.24) is 15.3 Å². The van der Waals surface area contributed by atoms with E-state index in [0.29, 0.717) is 5.95 Å². The minimum Gasteiger partial charge on any atom is -0.497 e. The van der Waals surface area contributed by atoms with Crippen molar-refractivity contribution in [1.29, 1.82) is 0 Å². The van der Waals surface area contributed by atoms with Crippen molar-refractivity contribution in [2.24, 2.45) is 0 Å². The maximum Gasteiger partial charge on any atom is 0.231 e. The zero-order valence-electron chi connectivity index (χ0n) is 16.8. The molecule has 29 heavy (non-hydrogen) atoms. The second-order valence-corrected chi connectivity index (χ2v) is 7.02. The lowest BCUT2D eigenvalue weighted by Crippen LogP contribution is -2.44. The summed E-state index contributed by atoms with van der Waals surface area (Å²) in [6, 6.07) is 18.0. The summed E-state index contributed by atoms with van der Waals surface area (Å²) in [5.41, 5.74) is 3.12.